The van der Waals surface area contributed by atoms with Crippen molar-refractivity contribution < 1.29 is 4.79 Å². The first-order valence-corrected chi connectivity index (χ1v) is 11.6. The minimum absolute atomic E-state index is 0.0888. The zero-order valence-electron chi connectivity index (χ0n) is 19.1. The van der Waals surface area contributed by atoms with Crippen molar-refractivity contribution in [3.8, 4) is 5.82 Å². The van der Waals surface area contributed by atoms with Crippen LogP contribution in [-0.4, -0.2) is 79.5 Å². The van der Waals surface area contributed by atoms with E-state index in [1.54, 1.807) is 30.1 Å². The van der Waals surface area contributed by atoms with E-state index in [9.17, 15) is 4.79 Å². The van der Waals surface area contributed by atoms with E-state index in [-0.39, 0.29) is 5.91 Å². The monoisotopic (exact) mass is 447 g/mol. The minimum atomic E-state index is -0.0888. The Labute approximate surface area is 193 Å². The third-order valence-corrected chi connectivity index (χ3v) is 6.41. The molecular weight excluding hydrogens is 418 g/mol. The molecule has 10 heteroatoms. The molecule has 0 N–H and O–H groups in total. The Morgan fingerprint density at radius 1 is 0.970 bits per heavy atom. The first kappa shape index (κ1) is 21.3. The number of piperidine rings is 1. The molecule has 0 radical (unpaired) electrons. The van der Waals surface area contributed by atoms with Gasteiger partial charge in [0.1, 0.15) is 11.5 Å². The number of carbonyl (C=O) groups excluding carboxylic acids is 1. The smallest absolute Gasteiger partial charge is 0.272 e. The van der Waals surface area contributed by atoms with Crippen molar-refractivity contribution in [3.05, 3.63) is 48.2 Å². The molecule has 0 saturated carbocycles. The van der Waals surface area contributed by atoms with Gasteiger partial charge < -0.3 is 14.7 Å². The molecule has 0 aliphatic carbocycles. The predicted molar refractivity (Wildman–Crippen MR) is 125 cm³/mol. The normalized spacial score (nSPS) is 19.1. The van der Waals surface area contributed by atoms with Crippen LogP contribution in [0.1, 0.15) is 42.5 Å². The van der Waals surface area contributed by atoms with Crippen molar-refractivity contribution in [2.45, 2.75) is 39.2 Å². The van der Waals surface area contributed by atoms with E-state index in [0.29, 0.717) is 49.6 Å². The lowest BCUT2D eigenvalue weighted by molar-refractivity contribution is 0.0740. The van der Waals surface area contributed by atoms with E-state index in [1.807, 2.05) is 17.0 Å². The fourth-order valence-electron chi connectivity index (χ4n) is 4.56. The highest BCUT2D eigenvalue weighted by Crippen LogP contribution is 2.24. The zero-order valence-corrected chi connectivity index (χ0v) is 19.1. The van der Waals surface area contributed by atoms with Crippen molar-refractivity contribution in [2.24, 2.45) is 0 Å². The van der Waals surface area contributed by atoms with Crippen molar-refractivity contribution >= 4 is 17.5 Å². The second kappa shape index (κ2) is 9.13. The number of hydrogen-bond acceptors (Lipinski definition) is 8. The molecule has 1 unspecified atom stereocenters. The van der Waals surface area contributed by atoms with Gasteiger partial charge in [-0.3, -0.25) is 4.79 Å². The van der Waals surface area contributed by atoms with Crippen LogP contribution in [0.3, 0.4) is 0 Å². The molecule has 0 bridgehead atoms. The quantitative estimate of drug-likeness (QED) is 0.600. The van der Waals surface area contributed by atoms with Crippen molar-refractivity contribution in [2.75, 3.05) is 42.5 Å². The summed E-state index contributed by atoms with van der Waals surface area (Å²) < 4.78 is 1.64. The van der Waals surface area contributed by atoms with Crippen LogP contribution in [-0.2, 0) is 0 Å². The average Bonchev–Trinajstić information content (AvgIpc) is 3.39. The maximum absolute atomic E-state index is 13.1. The first-order chi connectivity index (χ1) is 16.1. The number of piperazine rings is 1. The summed E-state index contributed by atoms with van der Waals surface area (Å²) in [5.74, 6) is 2.85. The number of carbonyl (C=O) groups is 1. The van der Waals surface area contributed by atoms with Gasteiger partial charge in [-0.15, -0.1) is 10.2 Å². The molecule has 1 amide bonds. The van der Waals surface area contributed by atoms with Gasteiger partial charge >= 0.3 is 0 Å². The Balaban J connectivity index is 1.23. The van der Waals surface area contributed by atoms with Gasteiger partial charge in [0.05, 0.1) is 0 Å². The summed E-state index contributed by atoms with van der Waals surface area (Å²) in [6, 6.07) is 8.14. The number of anilines is 2. The van der Waals surface area contributed by atoms with E-state index in [2.05, 4.69) is 48.1 Å². The largest absolute Gasteiger partial charge is 0.352 e. The third-order valence-electron chi connectivity index (χ3n) is 6.41. The fourth-order valence-corrected chi connectivity index (χ4v) is 4.56. The van der Waals surface area contributed by atoms with Gasteiger partial charge in [-0.2, -0.15) is 5.10 Å². The van der Waals surface area contributed by atoms with E-state index in [0.717, 1.165) is 18.2 Å². The molecule has 2 aliphatic heterocycles. The van der Waals surface area contributed by atoms with Crippen LogP contribution in [0.4, 0.5) is 11.6 Å². The zero-order chi connectivity index (χ0) is 22.8. The first-order valence-electron chi connectivity index (χ1n) is 11.6. The number of nitrogens with zero attached hydrogens (tertiary/aromatic N) is 9. The second-order valence-corrected chi connectivity index (χ2v) is 8.68. The highest BCUT2D eigenvalue weighted by atomic mass is 16.2. The molecule has 3 aromatic rings. The molecule has 10 nitrogen and oxygen atoms in total. The lowest BCUT2D eigenvalue weighted by Gasteiger charge is -2.36. The number of aryl methyl sites for hydroxylation is 1. The highest BCUT2D eigenvalue weighted by Gasteiger charge is 2.25. The van der Waals surface area contributed by atoms with E-state index in [1.165, 1.54) is 19.3 Å². The highest BCUT2D eigenvalue weighted by molar-refractivity contribution is 5.92. The Morgan fingerprint density at radius 2 is 1.76 bits per heavy atom. The Hall–Kier alpha value is -3.56. The van der Waals surface area contributed by atoms with Gasteiger partial charge in [0.2, 0.25) is 0 Å². The summed E-state index contributed by atoms with van der Waals surface area (Å²) in [7, 11) is 0. The Morgan fingerprint density at radius 3 is 2.45 bits per heavy atom. The molecule has 2 fully saturated rings. The van der Waals surface area contributed by atoms with Crippen LogP contribution in [0.2, 0.25) is 0 Å². The predicted octanol–water partition coefficient (Wildman–Crippen LogP) is 2.10. The molecule has 5 heterocycles. The Bertz CT molecular complexity index is 1090. The van der Waals surface area contributed by atoms with Gasteiger partial charge in [0, 0.05) is 57.2 Å². The van der Waals surface area contributed by atoms with Gasteiger partial charge in [-0.05, 0) is 51.3 Å². The van der Waals surface area contributed by atoms with Crippen LogP contribution in [0.25, 0.3) is 5.82 Å². The standard InChI is InChI=1S/C23H29N9O/c1-17-6-3-4-10-31(17)21-8-7-20(27-28-21)29-12-14-30(15-13-29)23(33)19-16-22(26-18(2)25-19)32-11-5-9-24-32/h5,7-9,11,16-17H,3-4,6,10,12-15H2,1-2H3. The summed E-state index contributed by atoms with van der Waals surface area (Å²) >= 11 is 0. The van der Waals surface area contributed by atoms with Crippen molar-refractivity contribution in [1.82, 2.24) is 34.8 Å². The summed E-state index contributed by atoms with van der Waals surface area (Å²) in [5.41, 5.74) is 0.390. The Kier molecular flexibility index (Phi) is 5.89. The maximum Gasteiger partial charge on any atom is 0.272 e. The lowest BCUT2D eigenvalue weighted by Crippen LogP contribution is -2.49. The van der Waals surface area contributed by atoms with E-state index < -0.39 is 0 Å². The molecule has 3 aromatic heterocycles. The van der Waals surface area contributed by atoms with Crippen molar-refractivity contribution in [1.29, 1.82) is 0 Å². The fraction of sp³-hybridized carbons (Fsp3) is 0.478. The molecule has 172 valence electrons. The molecule has 0 aromatic carbocycles. The number of aromatic nitrogens is 6. The van der Waals surface area contributed by atoms with E-state index in [4.69, 9.17) is 0 Å². The van der Waals surface area contributed by atoms with Gasteiger partial charge in [-0.25, -0.2) is 14.6 Å². The average molecular weight is 448 g/mol. The molecule has 2 saturated heterocycles. The molecule has 2 aliphatic rings. The minimum Gasteiger partial charge on any atom is -0.352 e. The molecule has 5 rings (SSSR count). The number of amides is 1. The second-order valence-electron chi connectivity index (χ2n) is 8.68. The summed E-state index contributed by atoms with van der Waals surface area (Å²) in [4.78, 5) is 28.2. The van der Waals surface area contributed by atoms with Crippen LogP contribution in [0, 0.1) is 6.92 Å². The number of rotatable bonds is 4. The third kappa shape index (κ3) is 4.50. The summed E-state index contributed by atoms with van der Waals surface area (Å²) in [6.07, 6.45) is 7.17. The SMILES string of the molecule is Cc1nc(C(=O)N2CCN(c3ccc(N4CCCCC4C)nn3)CC2)cc(-n2cccn2)n1. The number of hydrogen-bond donors (Lipinski definition) is 0. The molecule has 0 spiro atoms. The molecule has 33 heavy (non-hydrogen) atoms. The van der Waals surface area contributed by atoms with Gasteiger partial charge in [0.15, 0.2) is 17.5 Å². The van der Waals surface area contributed by atoms with Crippen LogP contribution in [0.15, 0.2) is 36.7 Å². The van der Waals surface area contributed by atoms with Crippen LogP contribution >= 0.6 is 0 Å². The van der Waals surface area contributed by atoms with Crippen LogP contribution < -0.4 is 9.80 Å². The van der Waals surface area contributed by atoms with Crippen molar-refractivity contribution in [3.63, 3.8) is 0 Å². The summed E-state index contributed by atoms with van der Waals surface area (Å²) in [6.45, 7) is 7.69. The maximum atomic E-state index is 13.1. The van der Waals surface area contributed by atoms with Gasteiger partial charge in [-0.1, -0.05) is 0 Å². The molecular formula is C23H29N9O. The van der Waals surface area contributed by atoms with Gasteiger partial charge in [0.25, 0.3) is 5.91 Å². The summed E-state index contributed by atoms with van der Waals surface area (Å²) in [5, 5.41) is 13.2. The van der Waals surface area contributed by atoms with E-state index >= 15 is 0 Å². The lowest BCUT2D eigenvalue weighted by atomic mass is 10.0. The topological polar surface area (TPSA) is 96.2 Å². The molecule has 1 atom stereocenters. The van der Waals surface area contributed by atoms with Crippen LogP contribution in [0.5, 0.6) is 0 Å².